The number of nitrogens with one attached hydrogen (secondary N) is 1. The Balaban J connectivity index is 1.89. The largest absolute Gasteiger partial charge is 0.379 e. The molecule has 2 aromatic rings. The van der Waals surface area contributed by atoms with E-state index in [-0.39, 0.29) is 10.5 Å². The molecular weight excluding hydrogens is 456 g/mol. The fourth-order valence-electron chi connectivity index (χ4n) is 2.73. The molecule has 1 aliphatic rings. The number of sulfonamides is 1. The summed E-state index contributed by atoms with van der Waals surface area (Å²) in [4.78, 5) is 12.8. The highest BCUT2D eigenvalue weighted by atomic mass is 79.9. The minimum absolute atomic E-state index is 0.0746. The fraction of sp³-hybridized carbons (Fsp3) is 0.278. The van der Waals surface area contributed by atoms with Gasteiger partial charge in [-0.25, -0.2) is 8.42 Å². The molecule has 0 spiro atoms. The van der Waals surface area contributed by atoms with E-state index in [1.54, 1.807) is 24.3 Å². The summed E-state index contributed by atoms with van der Waals surface area (Å²) in [7, 11) is -3.69. The minimum atomic E-state index is -3.69. The monoisotopic (exact) mass is 472 g/mol. The lowest BCUT2D eigenvalue weighted by Crippen LogP contribution is -2.40. The molecule has 1 amide bonds. The predicted octanol–water partition coefficient (Wildman–Crippen LogP) is 3.68. The van der Waals surface area contributed by atoms with Gasteiger partial charge in [-0.15, -0.1) is 0 Å². The molecule has 0 aromatic heterocycles. The van der Waals surface area contributed by atoms with E-state index in [0.29, 0.717) is 41.5 Å². The third kappa shape index (κ3) is 4.52. The normalized spacial score (nSPS) is 15.5. The van der Waals surface area contributed by atoms with E-state index in [1.165, 1.54) is 16.4 Å². The van der Waals surface area contributed by atoms with Crippen LogP contribution in [0.4, 0.5) is 5.69 Å². The molecule has 2 aromatic carbocycles. The van der Waals surface area contributed by atoms with Crippen LogP contribution in [0.15, 0.2) is 45.8 Å². The summed E-state index contributed by atoms with van der Waals surface area (Å²) in [6, 6.07) is 9.56. The first kappa shape index (κ1) is 20.3. The smallest absolute Gasteiger partial charge is 0.256 e. The zero-order valence-corrected chi connectivity index (χ0v) is 17.7. The molecule has 1 N–H and O–H groups in total. The number of halogens is 2. The molecular formula is C18H18BrClN2O4S. The fourth-order valence-corrected chi connectivity index (χ4v) is 4.82. The average Bonchev–Trinajstić information content (AvgIpc) is 2.65. The van der Waals surface area contributed by atoms with Gasteiger partial charge in [0, 0.05) is 28.3 Å². The van der Waals surface area contributed by atoms with Crippen molar-refractivity contribution in [1.29, 1.82) is 0 Å². The Bertz CT molecular complexity index is 975. The van der Waals surface area contributed by atoms with Crippen LogP contribution in [0.5, 0.6) is 0 Å². The zero-order chi connectivity index (χ0) is 19.6. The molecule has 0 unspecified atom stereocenters. The van der Waals surface area contributed by atoms with Crippen molar-refractivity contribution in [1.82, 2.24) is 4.31 Å². The number of ether oxygens (including phenoxy) is 1. The molecule has 0 bridgehead atoms. The van der Waals surface area contributed by atoms with E-state index in [2.05, 4.69) is 21.2 Å². The van der Waals surface area contributed by atoms with Gasteiger partial charge in [-0.1, -0.05) is 11.6 Å². The molecule has 3 rings (SSSR count). The number of benzene rings is 2. The molecule has 0 saturated carbocycles. The number of aryl methyl sites for hydroxylation is 1. The molecule has 1 aliphatic heterocycles. The Hall–Kier alpha value is -1.45. The number of carbonyl (C=O) groups is 1. The summed E-state index contributed by atoms with van der Waals surface area (Å²) in [5, 5.41) is 3.37. The van der Waals surface area contributed by atoms with Crippen molar-refractivity contribution >= 4 is 49.1 Å². The van der Waals surface area contributed by atoms with Crippen LogP contribution in [-0.4, -0.2) is 44.9 Å². The van der Waals surface area contributed by atoms with E-state index in [1.807, 2.05) is 6.92 Å². The lowest BCUT2D eigenvalue weighted by Gasteiger charge is -2.26. The molecule has 6 nitrogen and oxygen atoms in total. The van der Waals surface area contributed by atoms with Crippen molar-refractivity contribution in [2.75, 3.05) is 31.6 Å². The number of anilines is 1. The second-order valence-electron chi connectivity index (χ2n) is 6.07. The van der Waals surface area contributed by atoms with Crippen molar-refractivity contribution in [3.05, 3.63) is 57.0 Å². The molecule has 0 aliphatic carbocycles. The van der Waals surface area contributed by atoms with E-state index < -0.39 is 15.9 Å². The van der Waals surface area contributed by atoms with Gasteiger partial charge < -0.3 is 10.1 Å². The Morgan fingerprint density at radius 2 is 1.89 bits per heavy atom. The van der Waals surface area contributed by atoms with Crippen molar-refractivity contribution < 1.29 is 17.9 Å². The third-order valence-corrected chi connectivity index (χ3v) is 7.05. The summed E-state index contributed by atoms with van der Waals surface area (Å²) < 4.78 is 32.7. The number of carbonyl (C=O) groups excluding carboxylic acids is 1. The third-order valence-electron chi connectivity index (χ3n) is 4.23. The average molecular weight is 474 g/mol. The second kappa shape index (κ2) is 8.28. The van der Waals surface area contributed by atoms with Crippen LogP contribution in [0.3, 0.4) is 0 Å². The van der Waals surface area contributed by atoms with Gasteiger partial charge in [-0.2, -0.15) is 4.31 Å². The number of morpholine rings is 1. The van der Waals surface area contributed by atoms with E-state index in [0.717, 1.165) is 5.56 Å². The highest BCUT2D eigenvalue weighted by Crippen LogP contribution is 2.26. The summed E-state index contributed by atoms with van der Waals surface area (Å²) >= 11 is 9.27. The van der Waals surface area contributed by atoms with Crippen LogP contribution in [0.25, 0.3) is 0 Å². The minimum Gasteiger partial charge on any atom is -0.379 e. The molecule has 9 heteroatoms. The van der Waals surface area contributed by atoms with Crippen LogP contribution >= 0.6 is 27.5 Å². The molecule has 1 saturated heterocycles. The number of rotatable bonds is 4. The van der Waals surface area contributed by atoms with Gasteiger partial charge >= 0.3 is 0 Å². The molecule has 0 radical (unpaired) electrons. The second-order valence-corrected chi connectivity index (χ2v) is 9.30. The zero-order valence-electron chi connectivity index (χ0n) is 14.5. The van der Waals surface area contributed by atoms with Gasteiger partial charge in [0.25, 0.3) is 5.91 Å². The number of hydrogen-bond donors (Lipinski definition) is 1. The van der Waals surface area contributed by atoms with Crippen LogP contribution in [0.2, 0.25) is 5.02 Å². The standard InChI is InChI=1S/C18H18BrClN2O4S/c1-12-10-13(20)2-5-17(12)21-18(23)15-11-14(3-4-16(15)19)27(24,25)22-6-8-26-9-7-22/h2-5,10-11H,6-9H2,1H3,(H,21,23). The lowest BCUT2D eigenvalue weighted by atomic mass is 10.1. The first-order valence-corrected chi connectivity index (χ1v) is 10.8. The maximum Gasteiger partial charge on any atom is 0.256 e. The number of amides is 1. The highest BCUT2D eigenvalue weighted by Gasteiger charge is 2.27. The van der Waals surface area contributed by atoms with E-state index in [4.69, 9.17) is 16.3 Å². The molecule has 27 heavy (non-hydrogen) atoms. The number of hydrogen-bond acceptors (Lipinski definition) is 4. The topological polar surface area (TPSA) is 75.7 Å². The van der Waals surface area contributed by atoms with E-state index in [9.17, 15) is 13.2 Å². The van der Waals surface area contributed by atoms with Crippen molar-refractivity contribution in [2.45, 2.75) is 11.8 Å². The van der Waals surface area contributed by atoms with Gasteiger partial charge in [0.2, 0.25) is 10.0 Å². The van der Waals surface area contributed by atoms with Gasteiger partial charge in [-0.05, 0) is 64.8 Å². The van der Waals surface area contributed by atoms with Crippen LogP contribution in [0.1, 0.15) is 15.9 Å². The van der Waals surface area contributed by atoms with Crippen molar-refractivity contribution in [2.24, 2.45) is 0 Å². The first-order chi connectivity index (χ1) is 12.8. The van der Waals surface area contributed by atoms with Crippen molar-refractivity contribution in [3.8, 4) is 0 Å². The maximum absolute atomic E-state index is 12.8. The van der Waals surface area contributed by atoms with Gasteiger partial charge in [-0.3, -0.25) is 4.79 Å². The SMILES string of the molecule is Cc1cc(Cl)ccc1NC(=O)c1cc(S(=O)(=O)N2CCOCC2)ccc1Br. The van der Waals surface area contributed by atoms with Crippen LogP contribution in [-0.2, 0) is 14.8 Å². The lowest BCUT2D eigenvalue weighted by molar-refractivity contribution is 0.0730. The first-order valence-electron chi connectivity index (χ1n) is 8.24. The summed E-state index contributed by atoms with van der Waals surface area (Å²) in [5.74, 6) is -0.411. The van der Waals surface area contributed by atoms with Gasteiger partial charge in [0.1, 0.15) is 0 Å². The Kier molecular flexibility index (Phi) is 6.22. The summed E-state index contributed by atoms with van der Waals surface area (Å²) in [5.41, 5.74) is 1.65. The molecule has 144 valence electrons. The quantitative estimate of drug-likeness (QED) is 0.735. The molecule has 1 fully saturated rings. The van der Waals surface area contributed by atoms with Crippen LogP contribution in [0, 0.1) is 6.92 Å². The molecule has 0 atom stereocenters. The predicted molar refractivity (Wildman–Crippen MR) is 108 cm³/mol. The van der Waals surface area contributed by atoms with Crippen molar-refractivity contribution in [3.63, 3.8) is 0 Å². The summed E-state index contributed by atoms with van der Waals surface area (Å²) in [6.07, 6.45) is 0. The van der Waals surface area contributed by atoms with Crippen LogP contribution < -0.4 is 5.32 Å². The number of nitrogens with zero attached hydrogens (tertiary/aromatic N) is 1. The highest BCUT2D eigenvalue weighted by molar-refractivity contribution is 9.10. The summed E-state index contributed by atoms with van der Waals surface area (Å²) in [6.45, 7) is 3.14. The Morgan fingerprint density at radius 1 is 1.19 bits per heavy atom. The Morgan fingerprint density at radius 3 is 2.56 bits per heavy atom. The molecule has 1 heterocycles. The van der Waals surface area contributed by atoms with E-state index >= 15 is 0 Å². The Labute approximate surface area is 171 Å². The maximum atomic E-state index is 12.8. The van der Waals surface area contributed by atoms with Gasteiger partial charge in [0.15, 0.2) is 0 Å². The van der Waals surface area contributed by atoms with Gasteiger partial charge in [0.05, 0.1) is 23.7 Å².